The molecule has 0 aliphatic rings. The Morgan fingerprint density at radius 1 is 1.62 bits per heavy atom. The zero-order valence-corrected chi connectivity index (χ0v) is 8.32. The van der Waals surface area contributed by atoms with Crippen molar-refractivity contribution in [1.82, 2.24) is 4.98 Å². The van der Waals surface area contributed by atoms with Crippen molar-refractivity contribution in [3.05, 3.63) is 28.5 Å². The lowest BCUT2D eigenvalue weighted by Gasteiger charge is -2.00. The van der Waals surface area contributed by atoms with E-state index < -0.39 is 5.97 Å². The highest BCUT2D eigenvalue weighted by molar-refractivity contribution is 9.10. The van der Waals surface area contributed by atoms with E-state index >= 15 is 0 Å². The largest absolute Gasteiger partial charge is 0.480 e. The Morgan fingerprint density at radius 2 is 2.38 bits per heavy atom. The molecule has 0 aliphatic carbocycles. The van der Waals surface area contributed by atoms with Crippen LogP contribution < -0.4 is 0 Å². The van der Waals surface area contributed by atoms with E-state index in [0.717, 1.165) is 10.0 Å². The first-order chi connectivity index (χ1) is 6.18. The number of aliphatic carboxylic acids is 1. The van der Waals surface area contributed by atoms with Gasteiger partial charge >= 0.3 is 5.97 Å². The summed E-state index contributed by atoms with van der Waals surface area (Å²) in [4.78, 5) is 14.0. The Bertz CT molecular complexity index is 303. The van der Waals surface area contributed by atoms with Crippen LogP contribution in [-0.4, -0.2) is 22.7 Å². The molecule has 0 bridgehead atoms. The molecule has 0 aromatic carbocycles. The van der Waals surface area contributed by atoms with Gasteiger partial charge in [0.1, 0.15) is 6.61 Å². The molecular weight excluding hydrogens is 238 g/mol. The number of ether oxygens (including phenoxy) is 1. The van der Waals surface area contributed by atoms with Gasteiger partial charge in [0, 0.05) is 16.9 Å². The van der Waals surface area contributed by atoms with Crippen LogP contribution in [0.5, 0.6) is 0 Å². The summed E-state index contributed by atoms with van der Waals surface area (Å²) in [6.07, 6.45) is 3.29. The maximum Gasteiger partial charge on any atom is 0.329 e. The van der Waals surface area contributed by atoms with Crippen molar-refractivity contribution in [1.29, 1.82) is 0 Å². The SMILES string of the molecule is O=C(O)COCc1cncc(Br)c1. The topological polar surface area (TPSA) is 59.4 Å². The van der Waals surface area contributed by atoms with Gasteiger partial charge in [0.2, 0.25) is 0 Å². The molecule has 1 N–H and O–H groups in total. The van der Waals surface area contributed by atoms with Crippen LogP contribution >= 0.6 is 15.9 Å². The molecule has 13 heavy (non-hydrogen) atoms. The summed E-state index contributed by atoms with van der Waals surface area (Å²) in [5, 5.41) is 8.30. The quantitative estimate of drug-likeness (QED) is 0.873. The molecule has 0 radical (unpaired) electrons. The van der Waals surface area contributed by atoms with E-state index in [0.29, 0.717) is 0 Å². The van der Waals surface area contributed by atoms with Gasteiger partial charge in [-0.3, -0.25) is 4.98 Å². The summed E-state index contributed by atoms with van der Waals surface area (Å²) in [6, 6.07) is 1.83. The molecule has 70 valence electrons. The molecule has 0 unspecified atom stereocenters. The molecule has 0 saturated carbocycles. The lowest BCUT2D eigenvalue weighted by Crippen LogP contribution is -2.06. The van der Waals surface area contributed by atoms with Crippen LogP contribution in [0.3, 0.4) is 0 Å². The predicted octanol–water partition coefficient (Wildman–Crippen LogP) is 1.45. The molecular formula is C8H8BrNO3. The summed E-state index contributed by atoms with van der Waals surface area (Å²) in [5.41, 5.74) is 0.843. The monoisotopic (exact) mass is 245 g/mol. The van der Waals surface area contributed by atoms with Crippen LogP contribution in [0.25, 0.3) is 0 Å². The third kappa shape index (κ3) is 4.00. The molecule has 0 fully saturated rings. The van der Waals surface area contributed by atoms with Gasteiger partial charge in [-0.05, 0) is 27.6 Å². The first-order valence-electron chi connectivity index (χ1n) is 3.57. The van der Waals surface area contributed by atoms with E-state index in [9.17, 15) is 4.79 Å². The van der Waals surface area contributed by atoms with E-state index in [2.05, 4.69) is 20.9 Å². The minimum Gasteiger partial charge on any atom is -0.480 e. The van der Waals surface area contributed by atoms with Gasteiger partial charge in [-0.2, -0.15) is 0 Å². The molecule has 1 aromatic heterocycles. The van der Waals surface area contributed by atoms with Crippen LogP contribution in [0.15, 0.2) is 22.9 Å². The van der Waals surface area contributed by atoms with Crippen LogP contribution in [0.2, 0.25) is 0 Å². The first kappa shape index (κ1) is 10.1. The number of halogens is 1. The van der Waals surface area contributed by atoms with Gasteiger partial charge < -0.3 is 9.84 Å². The van der Waals surface area contributed by atoms with Crippen molar-refractivity contribution in [2.75, 3.05) is 6.61 Å². The third-order valence-electron chi connectivity index (χ3n) is 1.26. The second-order valence-corrected chi connectivity index (χ2v) is 3.31. The molecule has 0 saturated heterocycles. The zero-order valence-electron chi connectivity index (χ0n) is 6.74. The number of carboxylic acids is 1. The molecule has 4 nitrogen and oxygen atoms in total. The van der Waals surface area contributed by atoms with Gasteiger partial charge in [-0.15, -0.1) is 0 Å². The first-order valence-corrected chi connectivity index (χ1v) is 4.37. The molecule has 1 heterocycles. The zero-order chi connectivity index (χ0) is 9.68. The van der Waals surface area contributed by atoms with E-state index in [4.69, 9.17) is 9.84 Å². The van der Waals surface area contributed by atoms with Crippen LogP contribution in [0.4, 0.5) is 0 Å². The molecule has 0 aliphatic heterocycles. The fourth-order valence-corrected chi connectivity index (χ4v) is 1.20. The average Bonchev–Trinajstić information content (AvgIpc) is 2.03. The Hall–Kier alpha value is -0.940. The Labute approximate surface area is 83.7 Å². The van der Waals surface area contributed by atoms with Gasteiger partial charge in [-0.25, -0.2) is 4.79 Å². The van der Waals surface area contributed by atoms with E-state index in [-0.39, 0.29) is 13.2 Å². The van der Waals surface area contributed by atoms with Crippen molar-refractivity contribution in [2.24, 2.45) is 0 Å². The van der Waals surface area contributed by atoms with Gasteiger partial charge in [-0.1, -0.05) is 0 Å². The number of rotatable bonds is 4. The fourth-order valence-electron chi connectivity index (χ4n) is 0.791. The van der Waals surface area contributed by atoms with Crippen molar-refractivity contribution in [3.8, 4) is 0 Å². The molecule has 0 spiro atoms. The van der Waals surface area contributed by atoms with Crippen molar-refractivity contribution in [2.45, 2.75) is 6.61 Å². The minimum atomic E-state index is -0.969. The normalized spacial score (nSPS) is 9.92. The summed E-state index contributed by atoms with van der Waals surface area (Å²) in [7, 11) is 0. The van der Waals surface area contributed by atoms with Crippen LogP contribution in [0, 0.1) is 0 Å². The predicted molar refractivity (Wildman–Crippen MR) is 49.2 cm³/mol. The van der Waals surface area contributed by atoms with E-state index in [1.807, 2.05) is 6.07 Å². The average molecular weight is 246 g/mol. The van der Waals surface area contributed by atoms with Gasteiger partial charge in [0.15, 0.2) is 0 Å². The molecule has 1 aromatic rings. The minimum absolute atomic E-state index is 0.263. The Morgan fingerprint density at radius 3 is 3.00 bits per heavy atom. The standard InChI is InChI=1S/C8H8BrNO3/c9-7-1-6(2-10-3-7)4-13-5-8(11)12/h1-3H,4-5H2,(H,11,12). The Balaban J connectivity index is 2.41. The Kier molecular flexibility index (Phi) is 3.85. The van der Waals surface area contributed by atoms with Crippen molar-refractivity contribution in [3.63, 3.8) is 0 Å². The number of pyridine rings is 1. The third-order valence-corrected chi connectivity index (χ3v) is 1.69. The number of carboxylic acid groups (broad SMARTS) is 1. The fraction of sp³-hybridized carbons (Fsp3) is 0.250. The van der Waals surface area contributed by atoms with Crippen molar-refractivity contribution < 1.29 is 14.6 Å². The lowest BCUT2D eigenvalue weighted by atomic mass is 10.3. The van der Waals surface area contributed by atoms with Crippen molar-refractivity contribution >= 4 is 21.9 Å². The molecule has 0 amide bonds. The maximum atomic E-state index is 10.1. The maximum absolute atomic E-state index is 10.1. The van der Waals surface area contributed by atoms with Crippen LogP contribution in [-0.2, 0) is 16.1 Å². The number of nitrogens with zero attached hydrogens (tertiary/aromatic N) is 1. The van der Waals surface area contributed by atoms with E-state index in [1.165, 1.54) is 0 Å². The molecule has 1 rings (SSSR count). The van der Waals surface area contributed by atoms with Gasteiger partial charge in [0.25, 0.3) is 0 Å². The summed E-state index contributed by atoms with van der Waals surface area (Å²) in [6.45, 7) is -0.0226. The summed E-state index contributed by atoms with van der Waals surface area (Å²) in [5.74, 6) is -0.969. The number of hydrogen-bond donors (Lipinski definition) is 1. The summed E-state index contributed by atoms with van der Waals surface area (Å²) < 4.78 is 5.73. The molecule has 5 heteroatoms. The highest BCUT2D eigenvalue weighted by atomic mass is 79.9. The van der Waals surface area contributed by atoms with E-state index in [1.54, 1.807) is 12.4 Å². The number of aromatic nitrogens is 1. The number of hydrogen-bond acceptors (Lipinski definition) is 3. The highest BCUT2D eigenvalue weighted by Crippen LogP contribution is 2.09. The van der Waals surface area contributed by atoms with Crippen LogP contribution in [0.1, 0.15) is 5.56 Å². The molecule has 0 atom stereocenters. The lowest BCUT2D eigenvalue weighted by molar-refractivity contribution is -0.142. The second kappa shape index (κ2) is 4.94. The van der Waals surface area contributed by atoms with Gasteiger partial charge in [0.05, 0.1) is 6.61 Å². The highest BCUT2D eigenvalue weighted by Gasteiger charge is 1.98. The summed E-state index contributed by atoms with van der Waals surface area (Å²) >= 11 is 3.25. The number of carbonyl (C=O) groups is 1. The smallest absolute Gasteiger partial charge is 0.329 e. The second-order valence-electron chi connectivity index (χ2n) is 2.40.